The van der Waals surface area contributed by atoms with E-state index >= 15 is 0 Å². The van der Waals surface area contributed by atoms with Crippen molar-refractivity contribution in [1.29, 1.82) is 0 Å². The molecule has 19 heavy (non-hydrogen) atoms. The van der Waals surface area contributed by atoms with Gasteiger partial charge in [-0.25, -0.2) is 0 Å². The number of hydrogen-bond donors (Lipinski definition) is 1. The van der Waals surface area contributed by atoms with Crippen molar-refractivity contribution in [2.24, 2.45) is 5.73 Å². The van der Waals surface area contributed by atoms with E-state index in [9.17, 15) is 0 Å². The lowest BCUT2D eigenvalue weighted by Crippen LogP contribution is -2.22. The Kier molecular flexibility index (Phi) is 4.51. The number of nitrogens with zero attached hydrogens (tertiary/aromatic N) is 1. The molecule has 0 fully saturated rings. The van der Waals surface area contributed by atoms with Crippen molar-refractivity contribution in [3.63, 3.8) is 0 Å². The molecule has 4 heteroatoms. The molecule has 3 nitrogen and oxygen atoms in total. The first-order chi connectivity index (χ1) is 9.08. The van der Waals surface area contributed by atoms with E-state index in [0.29, 0.717) is 6.54 Å². The third-order valence-corrected chi connectivity index (χ3v) is 3.27. The molecule has 0 radical (unpaired) electrons. The van der Waals surface area contributed by atoms with Crippen LogP contribution in [0.2, 0.25) is 5.02 Å². The van der Waals surface area contributed by atoms with Crippen LogP contribution in [0.25, 0.3) is 0 Å². The van der Waals surface area contributed by atoms with Crippen LogP contribution in [0, 0.1) is 0 Å². The molecule has 1 unspecified atom stereocenters. The van der Waals surface area contributed by atoms with E-state index in [0.717, 1.165) is 28.5 Å². The zero-order valence-electron chi connectivity index (χ0n) is 11.3. The van der Waals surface area contributed by atoms with Crippen molar-refractivity contribution in [3.8, 4) is 0 Å². The van der Waals surface area contributed by atoms with E-state index in [-0.39, 0.29) is 6.04 Å². The SMILES string of the molecule is CC(N)Cc1cccc(Cl)c1N(C)Cc1ccco1. The molecule has 0 aliphatic carbocycles. The average Bonchev–Trinajstić information content (AvgIpc) is 2.80. The van der Waals surface area contributed by atoms with E-state index in [2.05, 4.69) is 11.0 Å². The van der Waals surface area contributed by atoms with Crippen LogP contribution in [0.4, 0.5) is 5.69 Å². The van der Waals surface area contributed by atoms with Crippen LogP contribution in [-0.4, -0.2) is 13.1 Å². The van der Waals surface area contributed by atoms with Crippen LogP contribution in [0.1, 0.15) is 18.2 Å². The van der Waals surface area contributed by atoms with Crippen molar-refractivity contribution in [1.82, 2.24) is 0 Å². The summed E-state index contributed by atoms with van der Waals surface area (Å²) in [6, 6.07) is 9.89. The van der Waals surface area contributed by atoms with Gasteiger partial charge >= 0.3 is 0 Å². The van der Waals surface area contributed by atoms with Gasteiger partial charge in [-0.05, 0) is 37.1 Å². The van der Waals surface area contributed by atoms with Crippen LogP contribution in [0.5, 0.6) is 0 Å². The van der Waals surface area contributed by atoms with E-state index in [1.54, 1.807) is 6.26 Å². The number of hydrogen-bond acceptors (Lipinski definition) is 3. The van der Waals surface area contributed by atoms with Gasteiger partial charge in [0.25, 0.3) is 0 Å². The molecule has 0 saturated heterocycles. The lowest BCUT2D eigenvalue weighted by atomic mass is 10.0. The van der Waals surface area contributed by atoms with Gasteiger partial charge in [0, 0.05) is 13.1 Å². The Bertz CT molecular complexity index is 523. The molecule has 0 bridgehead atoms. The molecule has 102 valence electrons. The predicted octanol–water partition coefficient (Wildman–Crippen LogP) is 3.46. The molecule has 0 aliphatic heterocycles. The Hall–Kier alpha value is -1.45. The molecule has 1 heterocycles. The van der Waals surface area contributed by atoms with Gasteiger partial charge in [0.1, 0.15) is 5.76 Å². The number of rotatable bonds is 5. The molecule has 2 N–H and O–H groups in total. The molecule has 0 saturated carbocycles. The summed E-state index contributed by atoms with van der Waals surface area (Å²) in [5, 5.41) is 0.743. The molecule has 0 amide bonds. The van der Waals surface area contributed by atoms with Gasteiger partial charge in [-0.15, -0.1) is 0 Å². The molecular formula is C15H19ClN2O. The topological polar surface area (TPSA) is 42.4 Å². The number of nitrogens with two attached hydrogens (primary N) is 1. The Balaban J connectivity index is 2.26. The van der Waals surface area contributed by atoms with Crippen LogP contribution < -0.4 is 10.6 Å². The Morgan fingerprint density at radius 1 is 1.32 bits per heavy atom. The summed E-state index contributed by atoms with van der Waals surface area (Å²) >= 11 is 6.33. The number of anilines is 1. The highest BCUT2D eigenvalue weighted by Crippen LogP contribution is 2.31. The maximum absolute atomic E-state index is 6.33. The van der Waals surface area contributed by atoms with Gasteiger partial charge in [0.05, 0.1) is 23.5 Å². The van der Waals surface area contributed by atoms with Crippen LogP contribution >= 0.6 is 11.6 Å². The maximum Gasteiger partial charge on any atom is 0.123 e. The molecule has 1 aromatic heterocycles. The van der Waals surface area contributed by atoms with Crippen molar-refractivity contribution in [2.75, 3.05) is 11.9 Å². The summed E-state index contributed by atoms with van der Waals surface area (Å²) in [6.45, 7) is 2.68. The molecule has 2 aromatic rings. The average molecular weight is 279 g/mol. The second kappa shape index (κ2) is 6.13. The highest BCUT2D eigenvalue weighted by Gasteiger charge is 2.14. The minimum atomic E-state index is 0.106. The summed E-state index contributed by atoms with van der Waals surface area (Å²) < 4.78 is 5.38. The fourth-order valence-corrected chi connectivity index (χ4v) is 2.55. The van der Waals surface area contributed by atoms with Gasteiger partial charge in [0.2, 0.25) is 0 Å². The molecule has 2 rings (SSSR count). The first-order valence-corrected chi connectivity index (χ1v) is 6.72. The van der Waals surface area contributed by atoms with Crippen molar-refractivity contribution in [3.05, 3.63) is 52.9 Å². The lowest BCUT2D eigenvalue weighted by Gasteiger charge is -2.23. The molecule has 0 aliphatic rings. The second-order valence-electron chi connectivity index (χ2n) is 4.86. The summed E-state index contributed by atoms with van der Waals surface area (Å²) in [4.78, 5) is 2.10. The molecule has 1 atom stereocenters. The van der Waals surface area contributed by atoms with Crippen molar-refractivity contribution < 1.29 is 4.42 Å². The third-order valence-electron chi connectivity index (χ3n) is 2.97. The highest BCUT2D eigenvalue weighted by molar-refractivity contribution is 6.33. The summed E-state index contributed by atoms with van der Waals surface area (Å²) in [5.41, 5.74) is 8.09. The normalized spacial score (nSPS) is 12.4. The van der Waals surface area contributed by atoms with Gasteiger partial charge < -0.3 is 15.1 Å². The first-order valence-electron chi connectivity index (χ1n) is 6.34. The van der Waals surface area contributed by atoms with Crippen molar-refractivity contribution >= 4 is 17.3 Å². The largest absolute Gasteiger partial charge is 0.467 e. The Labute approximate surface area is 119 Å². The van der Waals surface area contributed by atoms with E-state index in [1.807, 2.05) is 38.2 Å². The summed E-state index contributed by atoms with van der Waals surface area (Å²) in [7, 11) is 2.01. The van der Waals surface area contributed by atoms with Crippen LogP contribution in [0.15, 0.2) is 41.0 Å². The summed E-state index contributed by atoms with van der Waals surface area (Å²) in [5.74, 6) is 0.911. The quantitative estimate of drug-likeness (QED) is 0.911. The highest BCUT2D eigenvalue weighted by atomic mass is 35.5. The predicted molar refractivity (Wildman–Crippen MR) is 79.6 cm³/mol. The number of halogens is 1. The third kappa shape index (κ3) is 3.52. The van der Waals surface area contributed by atoms with Crippen LogP contribution in [0.3, 0.4) is 0 Å². The Morgan fingerprint density at radius 2 is 2.11 bits per heavy atom. The van der Waals surface area contributed by atoms with Gasteiger partial charge in [-0.1, -0.05) is 23.7 Å². The number of furan rings is 1. The second-order valence-corrected chi connectivity index (χ2v) is 5.27. The van der Waals surface area contributed by atoms with E-state index < -0.39 is 0 Å². The molecule has 1 aromatic carbocycles. The Morgan fingerprint density at radius 3 is 2.74 bits per heavy atom. The van der Waals surface area contributed by atoms with Gasteiger partial charge in [0.15, 0.2) is 0 Å². The number of benzene rings is 1. The zero-order chi connectivity index (χ0) is 13.8. The lowest BCUT2D eigenvalue weighted by molar-refractivity contribution is 0.507. The molecular weight excluding hydrogens is 260 g/mol. The minimum Gasteiger partial charge on any atom is -0.467 e. The smallest absolute Gasteiger partial charge is 0.123 e. The monoisotopic (exact) mass is 278 g/mol. The maximum atomic E-state index is 6.33. The van der Waals surface area contributed by atoms with Crippen LogP contribution in [-0.2, 0) is 13.0 Å². The van der Waals surface area contributed by atoms with Crippen molar-refractivity contribution in [2.45, 2.75) is 25.9 Å². The van der Waals surface area contributed by atoms with Gasteiger partial charge in [-0.3, -0.25) is 0 Å². The fraction of sp³-hybridized carbons (Fsp3) is 0.333. The van der Waals surface area contributed by atoms with Gasteiger partial charge in [-0.2, -0.15) is 0 Å². The standard InChI is InChI=1S/C15H19ClN2O/c1-11(17)9-12-5-3-7-14(16)15(12)18(2)10-13-6-4-8-19-13/h3-8,11H,9-10,17H2,1-2H3. The van der Waals surface area contributed by atoms with E-state index in [4.69, 9.17) is 21.8 Å². The number of para-hydroxylation sites is 1. The van der Waals surface area contributed by atoms with E-state index in [1.165, 1.54) is 0 Å². The first kappa shape index (κ1) is 14.0. The zero-order valence-corrected chi connectivity index (χ0v) is 12.0. The molecule has 0 spiro atoms. The summed E-state index contributed by atoms with van der Waals surface area (Å²) in [6.07, 6.45) is 2.48. The minimum absolute atomic E-state index is 0.106. The fourth-order valence-electron chi connectivity index (χ4n) is 2.21.